The molecule has 0 aromatic carbocycles. The third-order valence-corrected chi connectivity index (χ3v) is 2.29. The largest absolute Gasteiger partial charge is 0.355 e. The first kappa shape index (κ1) is 15.5. The molecule has 0 aromatic rings. The van der Waals surface area contributed by atoms with Gasteiger partial charge in [0.2, 0.25) is 0 Å². The van der Waals surface area contributed by atoms with Crippen molar-refractivity contribution in [2.45, 2.75) is 38.5 Å². The summed E-state index contributed by atoms with van der Waals surface area (Å²) in [7, 11) is 0. The molecule has 0 unspecified atom stereocenters. The van der Waals surface area contributed by atoms with E-state index < -0.39 is 11.9 Å². The quantitative estimate of drug-likeness (QED) is 0.295. The Hall–Kier alpha value is -0.480. The Bertz CT molecular complexity index is 187. The average molecular weight is 271 g/mol. The summed E-state index contributed by atoms with van der Waals surface area (Å²) in [5, 5.41) is 0. The second-order valence-electron chi connectivity index (χ2n) is 3.20. The summed E-state index contributed by atoms with van der Waals surface area (Å²) in [4.78, 5) is 30.6. The highest BCUT2D eigenvalue weighted by Gasteiger charge is 2.08. The predicted molar refractivity (Wildman–Crippen MR) is 61.3 cm³/mol. The van der Waals surface area contributed by atoms with Crippen molar-refractivity contribution in [1.29, 1.82) is 0 Å². The molecule has 0 heterocycles. The Morgan fingerprint density at radius 3 is 1.44 bits per heavy atom. The molecule has 0 bridgehead atoms. The van der Waals surface area contributed by atoms with Crippen LogP contribution in [0, 0.1) is 0 Å². The van der Waals surface area contributed by atoms with Crippen LogP contribution in [-0.4, -0.2) is 23.7 Å². The lowest BCUT2D eigenvalue weighted by Gasteiger charge is -2.02. The molecule has 0 spiro atoms. The molecule has 0 atom stereocenters. The number of carbonyl (C=O) groups is 2. The maximum Gasteiger partial charge on any atom is 0.355 e. The second-order valence-corrected chi connectivity index (χ2v) is 3.96. The van der Waals surface area contributed by atoms with Crippen molar-refractivity contribution >= 4 is 35.1 Å². The zero-order chi connectivity index (χ0) is 12.2. The molecule has 0 aliphatic carbocycles. The highest BCUT2D eigenvalue weighted by Crippen LogP contribution is 2.02. The van der Waals surface area contributed by atoms with E-state index >= 15 is 0 Å². The zero-order valence-corrected chi connectivity index (χ0v) is 10.6. The van der Waals surface area contributed by atoms with Gasteiger partial charge in [0.1, 0.15) is 0 Å². The molecule has 0 radical (unpaired) electrons. The van der Waals surface area contributed by atoms with E-state index in [0.717, 1.165) is 12.8 Å². The number of carbonyl (C=O) groups excluding carboxylic acids is 2. The molecule has 0 aromatic heterocycles. The van der Waals surface area contributed by atoms with Gasteiger partial charge in [-0.3, -0.25) is 0 Å². The number of hydrogen-bond acceptors (Lipinski definition) is 4. The van der Waals surface area contributed by atoms with Crippen LogP contribution < -0.4 is 0 Å². The van der Waals surface area contributed by atoms with E-state index in [1.54, 1.807) is 0 Å². The molecule has 0 saturated heterocycles. The van der Waals surface area contributed by atoms with Gasteiger partial charge in [-0.05, 0) is 25.7 Å². The SMILES string of the molecule is O=C(CCCCCl)OOC(=O)CCCCCl. The Kier molecular flexibility index (Phi) is 10.7. The number of alkyl halides is 2. The minimum absolute atomic E-state index is 0.210. The number of unbranched alkanes of at least 4 members (excludes halogenated alkanes) is 2. The van der Waals surface area contributed by atoms with Crippen LogP contribution in [0.25, 0.3) is 0 Å². The van der Waals surface area contributed by atoms with Gasteiger partial charge in [-0.15, -0.1) is 23.2 Å². The summed E-state index contributed by atoms with van der Waals surface area (Å²) in [6.07, 6.45) is 3.16. The van der Waals surface area contributed by atoms with Crippen molar-refractivity contribution < 1.29 is 19.4 Å². The smallest absolute Gasteiger partial charge is 0.247 e. The molecule has 0 N–H and O–H groups in total. The van der Waals surface area contributed by atoms with E-state index in [-0.39, 0.29) is 12.8 Å². The third kappa shape index (κ3) is 10.1. The molecule has 0 rings (SSSR count). The van der Waals surface area contributed by atoms with E-state index in [0.29, 0.717) is 24.6 Å². The minimum Gasteiger partial charge on any atom is -0.247 e. The van der Waals surface area contributed by atoms with Gasteiger partial charge in [-0.2, -0.15) is 0 Å². The first-order chi connectivity index (χ1) is 7.70. The number of hydrogen-bond donors (Lipinski definition) is 0. The first-order valence-electron chi connectivity index (χ1n) is 5.22. The summed E-state index contributed by atoms with van der Waals surface area (Å²) < 4.78 is 0. The summed E-state index contributed by atoms with van der Waals surface area (Å²) in [6, 6.07) is 0. The maximum absolute atomic E-state index is 11.0. The van der Waals surface area contributed by atoms with Gasteiger partial charge in [0, 0.05) is 11.8 Å². The second kappa shape index (κ2) is 11.0. The van der Waals surface area contributed by atoms with Crippen LogP contribution in [-0.2, 0) is 19.4 Å². The molecular formula is C10H16Cl2O4. The standard InChI is InChI=1S/C10H16Cl2O4/c11-7-3-1-5-9(13)15-16-10(14)6-2-4-8-12/h1-8H2. The van der Waals surface area contributed by atoms with Gasteiger partial charge in [-0.25, -0.2) is 19.4 Å². The van der Waals surface area contributed by atoms with Crippen LogP contribution in [0.2, 0.25) is 0 Å². The Balaban J connectivity index is 3.40. The summed E-state index contributed by atoms with van der Waals surface area (Å²) in [6.45, 7) is 0. The zero-order valence-electron chi connectivity index (χ0n) is 9.05. The molecule has 94 valence electrons. The third-order valence-electron chi connectivity index (χ3n) is 1.76. The molecule has 0 aliphatic rings. The normalized spacial score (nSPS) is 9.88. The molecule has 0 amide bonds. The monoisotopic (exact) mass is 270 g/mol. The van der Waals surface area contributed by atoms with Crippen molar-refractivity contribution in [3.63, 3.8) is 0 Å². The van der Waals surface area contributed by atoms with E-state index in [1.165, 1.54) is 0 Å². The van der Waals surface area contributed by atoms with Crippen LogP contribution in [0.3, 0.4) is 0 Å². The summed E-state index contributed by atoms with van der Waals surface area (Å²) >= 11 is 10.9. The topological polar surface area (TPSA) is 52.6 Å². The highest BCUT2D eigenvalue weighted by atomic mass is 35.5. The van der Waals surface area contributed by atoms with Gasteiger partial charge in [-0.1, -0.05) is 0 Å². The lowest BCUT2D eigenvalue weighted by atomic mass is 10.2. The van der Waals surface area contributed by atoms with E-state index in [9.17, 15) is 9.59 Å². The van der Waals surface area contributed by atoms with Crippen LogP contribution in [0.1, 0.15) is 38.5 Å². The predicted octanol–water partition coefficient (Wildman–Crippen LogP) is 2.81. The van der Waals surface area contributed by atoms with Gasteiger partial charge < -0.3 is 0 Å². The van der Waals surface area contributed by atoms with Crippen molar-refractivity contribution in [3.8, 4) is 0 Å². The summed E-state index contributed by atoms with van der Waals surface area (Å²) in [5.41, 5.74) is 0. The van der Waals surface area contributed by atoms with Gasteiger partial charge in [0.05, 0.1) is 12.8 Å². The van der Waals surface area contributed by atoms with Crippen molar-refractivity contribution in [2.24, 2.45) is 0 Å². The molecule has 0 fully saturated rings. The lowest BCUT2D eigenvalue weighted by Crippen LogP contribution is -2.11. The van der Waals surface area contributed by atoms with Crippen LogP contribution in [0.4, 0.5) is 0 Å². The molecule has 4 nitrogen and oxygen atoms in total. The van der Waals surface area contributed by atoms with Crippen molar-refractivity contribution in [2.75, 3.05) is 11.8 Å². The lowest BCUT2D eigenvalue weighted by molar-refractivity contribution is -0.259. The fourth-order valence-electron chi connectivity index (χ4n) is 0.904. The molecule has 16 heavy (non-hydrogen) atoms. The van der Waals surface area contributed by atoms with Gasteiger partial charge in [0.25, 0.3) is 0 Å². The van der Waals surface area contributed by atoms with Crippen LogP contribution in [0.5, 0.6) is 0 Å². The molecule has 0 aliphatic heterocycles. The first-order valence-corrected chi connectivity index (χ1v) is 6.29. The van der Waals surface area contributed by atoms with E-state index in [1.807, 2.05) is 0 Å². The fourth-order valence-corrected chi connectivity index (χ4v) is 1.28. The molecular weight excluding hydrogens is 255 g/mol. The average Bonchev–Trinajstić information content (AvgIpc) is 2.27. The maximum atomic E-state index is 11.0. The number of halogens is 2. The minimum atomic E-state index is -0.546. The van der Waals surface area contributed by atoms with Crippen molar-refractivity contribution in [1.82, 2.24) is 0 Å². The van der Waals surface area contributed by atoms with Gasteiger partial charge >= 0.3 is 11.9 Å². The van der Waals surface area contributed by atoms with E-state index in [2.05, 4.69) is 9.78 Å². The number of rotatable bonds is 8. The highest BCUT2D eigenvalue weighted by molar-refractivity contribution is 6.18. The summed E-state index contributed by atoms with van der Waals surface area (Å²) in [5.74, 6) is -0.0802. The fraction of sp³-hybridized carbons (Fsp3) is 0.800. The van der Waals surface area contributed by atoms with Crippen LogP contribution >= 0.6 is 23.2 Å². The Labute approximate surface area is 105 Å². The van der Waals surface area contributed by atoms with Gasteiger partial charge in [0.15, 0.2) is 0 Å². The van der Waals surface area contributed by atoms with Crippen molar-refractivity contribution in [3.05, 3.63) is 0 Å². The molecule has 0 saturated carbocycles. The Morgan fingerprint density at radius 2 is 1.12 bits per heavy atom. The van der Waals surface area contributed by atoms with E-state index in [4.69, 9.17) is 23.2 Å². The van der Waals surface area contributed by atoms with Crippen LogP contribution in [0.15, 0.2) is 0 Å². The molecule has 6 heteroatoms. The Morgan fingerprint density at radius 1 is 0.750 bits per heavy atom.